The molecule has 2 N–H and O–H groups in total. The highest BCUT2D eigenvalue weighted by atomic mass is 16.4. The molecule has 0 heterocycles. The molecule has 0 aromatic carbocycles. The number of hydrogen-bond acceptors (Lipinski definition) is 2. The lowest BCUT2D eigenvalue weighted by Gasteiger charge is -2.34. The topological polar surface area (TPSA) is 57.5 Å². The van der Waals surface area contributed by atoms with Crippen molar-refractivity contribution in [2.75, 3.05) is 6.61 Å². The number of carboxylic acid groups (broad SMARTS) is 1. The number of aliphatic carboxylic acids is 1. The van der Waals surface area contributed by atoms with Gasteiger partial charge in [-0.05, 0) is 51.2 Å². The van der Waals surface area contributed by atoms with Crippen molar-refractivity contribution in [1.29, 1.82) is 0 Å². The minimum Gasteiger partial charge on any atom is -0.478 e. The summed E-state index contributed by atoms with van der Waals surface area (Å²) in [6.45, 7) is 8.20. The van der Waals surface area contributed by atoms with Crippen LogP contribution in [0.1, 0.15) is 47.0 Å². The monoisotopic (exact) mass is 316 g/mol. The van der Waals surface area contributed by atoms with E-state index < -0.39 is 5.97 Å². The zero-order chi connectivity index (χ0) is 17.5. The van der Waals surface area contributed by atoms with Crippen LogP contribution >= 0.6 is 0 Å². The lowest BCUT2D eigenvalue weighted by molar-refractivity contribution is -0.131. The highest BCUT2D eigenvalue weighted by molar-refractivity contribution is 5.81. The number of aliphatic hydroxyl groups is 1. The van der Waals surface area contributed by atoms with Gasteiger partial charge in [0.25, 0.3) is 0 Å². The summed E-state index contributed by atoms with van der Waals surface area (Å²) in [5.41, 5.74) is 4.23. The van der Waals surface area contributed by atoms with Crippen LogP contribution in [0.4, 0.5) is 0 Å². The van der Waals surface area contributed by atoms with Gasteiger partial charge in [-0.15, -0.1) is 0 Å². The molecule has 1 atom stereocenters. The van der Waals surface area contributed by atoms with Gasteiger partial charge in [-0.1, -0.05) is 48.5 Å². The van der Waals surface area contributed by atoms with Gasteiger partial charge in [0.2, 0.25) is 0 Å². The quantitative estimate of drug-likeness (QED) is 0.557. The van der Waals surface area contributed by atoms with Crippen LogP contribution in [0.15, 0.2) is 58.7 Å². The maximum atomic E-state index is 10.5. The molecule has 23 heavy (non-hydrogen) atoms. The van der Waals surface area contributed by atoms with Crippen LogP contribution in [0.2, 0.25) is 0 Å². The predicted octanol–water partition coefficient (Wildman–Crippen LogP) is 4.58. The Balaban J connectivity index is 2.85. The maximum Gasteiger partial charge on any atom is 0.328 e. The fraction of sp³-hybridized carbons (Fsp3) is 0.450. The number of rotatable bonds is 6. The van der Waals surface area contributed by atoms with E-state index in [4.69, 9.17) is 5.11 Å². The Kier molecular flexibility index (Phi) is 7.24. The van der Waals surface area contributed by atoms with Crippen LogP contribution in [0.25, 0.3) is 0 Å². The molecular formula is C20H28O3. The molecule has 1 rings (SSSR count). The predicted molar refractivity (Wildman–Crippen MR) is 95.2 cm³/mol. The third kappa shape index (κ3) is 6.03. The van der Waals surface area contributed by atoms with Crippen LogP contribution in [0, 0.1) is 5.41 Å². The lowest BCUT2D eigenvalue weighted by atomic mass is 9.71. The van der Waals surface area contributed by atoms with E-state index in [0.717, 1.165) is 24.8 Å². The summed E-state index contributed by atoms with van der Waals surface area (Å²) in [6.07, 6.45) is 14.2. The Morgan fingerprint density at radius 2 is 1.96 bits per heavy atom. The molecule has 1 aliphatic carbocycles. The van der Waals surface area contributed by atoms with Crippen LogP contribution in [0.5, 0.6) is 0 Å². The summed E-state index contributed by atoms with van der Waals surface area (Å²) in [6, 6.07) is 0. The van der Waals surface area contributed by atoms with Crippen LogP contribution < -0.4 is 0 Å². The van der Waals surface area contributed by atoms with Crippen molar-refractivity contribution in [2.45, 2.75) is 47.0 Å². The van der Waals surface area contributed by atoms with Crippen molar-refractivity contribution in [1.82, 2.24) is 0 Å². The van der Waals surface area contributed by atoms with E-state index in [1.54, 1.807) is 13.0 Å². The largest absolute Gasteiger partial charge is 0.478 e. The van der Waals surface area contributed by atoms with Gasteiger partial charge in [-0.3, -0.25) is 0 Å². The molecule has 0 aliphatic heterocycles. The Morgan fingerprint density at radius 3 is 2.57 bits per heavy atom. The normalized spacial score (nSPS) is 24.0. The first-order valence-electron chi connectivity index (χ1n) is 8.04. The molecule has 3 heteroatoms. The maximum absolute atomic E-state index is 10.5. The van der Waals surface area contributed by atoms with Gasteiger partial charge >= 0.3 is 5.97 Å². The molecular weight excluding hydrogens is 288 g/mol. The third-order valence-electron chi connectivity index (χ3n) is 4.32. The van der Waals surface area contributed by atoms with Crippen molar-refractivity contribution in [3.8, 4) is 0 Å². The molecule has 1 aliphatic rings. The minimum absolute atomic E-state index is 0.143. The summed E-state index contributed by atoms with van der Waals surface area (Å²) in [5, 5.41) is 18.4. The lowest BCUT2D eigenvalue weighted by Crippen LogP contribution is -2.27. The van der Waals surface area contributed by atoms with Crippen molar-refractivity contribution < 1.29 is 15.0 Å². The third-order valence-corrected chi connectivity index (χ3v) is 4.32. The second kappa shape index (κ2) is 8.68. The Labute approximate surface area is 139 Å². The van der Waals surface area contributed by atoms with E-state index in [9.17, 15) is 9.90 Å². The first-order chi connectivity index (χ1) is 10.8. The molecule has 0 aromatic heterocycles. The molecule has 0 bridgehead atoms. The summed E-state index contributed by atoms with van der Waals surface area (Å²) in [7, 11) is 0. The van der Waals surface area contributed by atoms with Gasteiger partial charge in [0.15, 0.2) is 0 Å². The number of carboxylic acids is 1. The highest BCUT2D eigenvalue weighted by Crippen LogP contribution is 2.40. The van der Waals surface area contributed by atoms with E-state index in [1.807, 2.05) is 19.1 Å². The number of aliphatic hydroxyl groups excluding tert-OH is 1. The second-order valence-electron chi connectivity index (χ2n) is 6.60. The molecule has 0 fully saturated rings. The molecule has 0 radical (unpaired) electrons. The number of hydrogen-bond donors (Lipinski definition) is 2. The van der Waals surface area contributed by atoms with Crippen LogP contribution in [0.3, 0.4) is 0 Å². The van der Waals surface area contributed by atoms with Crippen molar-refractivity contribution in [3.63, 3.8) is 0 Å². The average molecular weight is 316 g/mol. The van der Waals surface area contributed by atoms with Gasteiger partial charge in [-0.2, -0.15) is 0 Å². The second-order valence-corrected chi connectivity index (χ2v) is 6.60. The highest BCUT2D eigenvalue weighted by Gasteiger charge is 2.30. The van der Waals surface area contributed by atoms with Crippen molar-refractivity contribution >= 4 is 5.97 Å². The summed E-state index contributed by atoms with van der Waals surface area (Å²) in [5.74, 6) is -0.934. The number of carbonyl (C=O) groups is 1. The fourth-order valence-electron chi connectivity index (χ4n) is 2.90. The molecule has 1 unspecified atom stereocenters. The Morgan fingerprint density at radius 1 is 1.26 bits per heavy atom. The zero-order valence-corrected chi connectivity index (χ0v) is 14.6. The minimum atomic E-state index is -0.934. The summed E-state index contributed by atoms with van der Waals surface area (Å²) >= 11 is 0. The zero-order valence-electron chi connectivity index (χ0n) is 14.6. The van der Waals surface area contributed by atoms with Gasteiger partial charge in [0.05, 0.1) is 6.61 Å². The Hall–Kier alpha value is -1.87. The van der Waals surface area contributed by atoms with Gasteiger partial charge in [-0.25, -0.2) is 4.79 Å². The van der Waals surface area contributed by atoms with E-state index in [1.165, 1.54) is 17.2 Å². The smallest absolute Gasteiger partial charge is 0.328 e. The molecule has 0 aromatic rings. The molecule has 3 nitrogen and oxygen atoms in total. The SMILES string of the molecule is CC1=C(/C=C/C(C)=C/C=C/C(C)=C\C(=O)O)C(C)(CO)CCC1. The standard InChI is InChI=1S/C20H28O3/c1-15(7-5-8-16(2)13-19(22)23)10-11-18-17(3)9-6-12-20(18,4)14-21/h5,7-8,10-11,13,21H,6,9,12,14H2,1-4H3,(H,22,23)/b8-5+,11-10+,15-7+,16-13-. The molecule has 0 saturated carbocycles. The van der Waals surface area contributed by atoms with E-state index in [-0.39, 0.29) is 12.0 Å². The van der Waals surface area contributed by atoms with Crippen LogP contribution in [-0.4, -0.2) is 22.8 Å². The molecule has 0 saturated heterocycles. The average Bonchev–Trinajstić information content (AvgIpc) is 2.46. The van der Waals surface area contributed by atoms with Crippen LogP contribution in [-0.2, 0) is 4.79 Å². The van der Waals surface area contributed by atoms with E-state index >= 15 is 0 Å². The van der Waals surface area contributed by atoms with Gasteiger partial charge < -0.3 is 10.2 Å². The number of allylic oxidation sites excluding steroid dienone is 8. The molecule has 126 valence electrons. The first-order valence-corrected chi connectivity index (χ1v) is 8.04. The Bertz CT molecular complexity index is 588. The van der Waals surface area contributed by atoms with E-state index in [2.05, 4.69) is 26.0 Å². The molecule has 0 spiro atoms. The van der Waals surface area contributed by atoms with E-state index in [0.29, 0.717) is 5.57 Å². The van der Waals surface area contributed by atoms with Gasteiger partial charge in [0.1, 0.15) is 0 Å². The van der Waals surface area contributed by atoms with Gasteiger partial charge in [0, 0.05) is 11.5 Å². The summed E-state index contributed by atoms with van der Waals surface area (Å²) in [4.78, 5) is 10.5. The molecule has 0 amide bonds. The fourth-order valence-corrected chi connectivity index (χ4v) is 2.90. The summed E-state index contributed by atoms with van der Waals surface area (Å²) < 4.78 is 0. The first kappa shape index (κ1) is 19.2. The van der Waals surface area contributed by atoms with Crippen molar-refractivity contribution in [3.05, 3.63) is 58.7 Å². The van der Waals surface area contributed by atoms with Crippen molar-refractivity contribution in [2.24, 2.45) is 5.41 Å².